The molecule has 0 radical (unpaired) electrons. The topological polar surface area (TPSA) is 74.2 Å². The molecule has 4 atom stereocenters. The molecule has 0 aliphatic heterocycles. The fourth-order valence-electron chi connectivity index (χ4n) is 3.64. The second-order valence-electron chi connectivity index (χ2n) is 5.52. The average Bonchev–Trinajstić information content (AvgIpc) is 3.00. The van der Waals surface area contributed by atoms with Crippen LogP contribution in [-0.2, 0) is 0 Å². The van der Waals surface area contributed by atoms with E-state index in [2.05, 4.69) is 15.6 Å². The first-order valence-electron chi connectivity index (χ1n) is 6.87. The fourth-order valence-corrected chi connectivity index (χ4v) is 3.64. The van der Waals surface area contributed by atoms with Crippen molar-refractivity contribution < 1.29 is 9.90 Å². The molecule has 2 saturated carbocycles. The Morgan fingerprint density at radius 1 is 1.37 bits per heavy atom. The van der Waals surface area contributed by atoms with Crippen molar-refractivity contribution >= 4 is 11.8 Å². The minimum Gasteiger partial charge on any atom is -0.396 e. The molecule has 5 heteroatoms. The van der Waals surface area contributed by atoms with Crippen LogP contribution in [0.25, 0.3) is 0 Å². The van der Waals surface area contributed by atoms with E-state index in [0.717, 1.165) is 12.8 Å². The van der Waals surface area contributed by atoms with E-state index in [0.29, 0.717) is 17.7 Å². The van der Waals surface area contributed by atoms with Crippen LogP contribution in [0.1, 0.15) is 19.3 Å². The van der Waals surface area contributed by atoms with Gasteiger partial charge in [0.1, 0.15) is 5.82 Å². The fraction of sp³-hybridized carbons (Fsp3) is 0.571. The Bertz CT molecular complexity index is 451. The van der Waals surface area contributed by atoms with Crippen LogP contribution in [0.4, 0.5) is 10.6 Å². The van der Waals surface area contributed by atoms with Gasteiger partial charge in [0.25, 0.3) is 0 Å². The van der Waals surface area contributed by atoms with Crippen molar-refractivity contribution in [3.05, 3.63) is 24.4 Å². The van der Waals surface area contributed by atoms with Gasteiger partial charge < -0.3 is 10.4 Å². The molecule has 0 spiro atoms. The van der Waals surface area contributed by atoms with Gasteiger partial charge in [-0.3, -0.25) is 5.32 Å². The quantitative estimate of drug-likeness (QED) is 0.774. The lowest BCUT2D eigenvalue weighted by Gasteiger charge is -2.30. The van der Waals surface area contributed by atoms with Crippen LogP contribution >= 0.6 is 0 Å². The Kier molecular flexibility index (Phi) is 3.38. The number of hydrogen-bond acceptors (Lipinski definition) is 3. The van der Waals surface area contributed by atoms with Crippen molar-refractivity contribution in [3.8, 4) is 0 Å². The Morgan fingerprint density at radius 2 is 2.21 bits per heavy atom. The second-order valence-corrected chi connectivity index (χ2v) is 5.52. The molecule has 1 aromatic heterocycles. The standard InChI is InChI=1S/C14H19N3O2/c18-8-11-9-4-5-10(7-9)13(11)17-14(19)16-12-3-1-2-6-15-12/h1-3,6,9-11,13,18H,4-5,7-8H2,(H2,15,16,17,19)/t9-,10-,11-,13-/m0/s1. The zero-order chi connectivity index (χ0) is 13.2. The first-order chi connectivity index (χ1) is 9.28. The molecule has 2 fully saturated rings. The summed E-state index contributed by atoms with van der Waals surface area (Å²) in [6.45, 7) is 0.162. The molecule has 1 aromatic rings. The number of hydrogen-bond donors (Lipinski definition) is 3. The smallest absolute Gasteiger partial charge is 0.320 e. The SMILES string of the molecule is O=C(Nc1ccccn1)N[C@H]1[C@H]2CC[C@@H](C2)[C@@H]1CO. The predicted octanol–water partition coefficient (Wildman–Crippen LogP) is 1.61. The third-order valence-corrected chi connectivity index (χ3v) is 4.50. The van der Waals surface area contributed by atoms with Crippen LogP contribution in [0.5, 0.6) is 0 Å². The summed E-state index contributed by atoms with van der Waals surface area (Å²) in [5.74, 6) is 1.86. The minimum atomic E-state index is -0.227. The molecule has 3 rings (SSSR count). The lowest BCUT2D eigenvalue weighted by molar-refractivity contribution is 0.146. The number of aliphatic hydroxyl groups excluding tert-OH is 1. The summed E-state index contributed by atoms with van der Waals surface area (Å²) >= 11 is 0. The molecule has 19 heavy (non-hydrogen) atoms. The maximum Gasteiger partial charge on any atom is 0.320 e. The Balaban J connectivity index is 1.60. The monoisotopic (exact) mass is 261 g/mol. The summed E-state index contributed by atoms with van der Waals surface area (Å²) in [4.78, 5) is 16.0. The molecule has 0 aromatic carbocycles. The third kappa shape index (κ3) is 2.42. The van der Waals surface area contributed by atoms with Gasteiger partial charge in [-0.2, -0.15) is 0 Å². The van der Waals surface area contributed by atoms with Crippen molar-refractivity contribution in [1.29, 1.82) is 0 Å². The van der Waals surface area contributed by atoms with E-state index in [1.807, 2.05) is 6.07 Å². The highest BCUT2D eigenvalue weighted by Gasteiger charge is 2.47. The van der Waals surface area contributed by atoms with Crippen molar-refractivity contribution in [2.75, 3.05) is 11.9 Å². The minimum absolute atomic E-state index is 0.104. The molecule has 5 nitrogen and oxygen atoms in total. The molecule has 3 N–H and O–H groups in total. The molecule has 0 unspecified atom stereocenters. The number of pyridine rings is 1. The highest BCUT2D eigenvalue weighted by atomic mass is 16.3. The van der Waals surface area contributed by atoms with Gasteiger partial charge in [0.2, 0.25) is 0 Å². The van der Waals surface area contributed by atoms with Crippen molar-refractivity contribution in [2.45, 2.75) is 25.3 Å². The van der Waals surface area contributed by atoms with Gasteiger partial charge in [-0.1, -0.05) is 6.07 Å². The zero-order valence-corrected chi connectivity index (χ0v) is 10.7. The Hall–Kier alpha value is -1.62. The second kappa shape index (κ2) is 5.17. The predicted molar refractivity (Wildman–Crippen MR) is 71.6 cm³/mol. The van der Waals surface area contributed by atoms with Gasteiger partial charge in [0, 0.05) is 24.8 Å². The number of rotatable bonds is 3. The van der Waals surface area contributed by atoms with Crippen LogP contribution in [0, 0.1) is 17.8 Å². The number of carbonyl (C=O) groups excluding carboxylic acids is 1. The molecule has 2 bridgehead atoms. The third-order valence-electron chi connectivity index (χ3n) is 4.50. The van der Waals surface area contributed by atoms with Gasteiger partial charge in [-0.15, -0.1) is 0 Å². The van der Waals surface area contributed by atoms with E-state index >= 15 is 0 Å². The molecule has 2 aliphatic rings. The van der Waals surface area contributed by atoms with Crippen LogP contribution in [-0.4, -0.2) is 28.8 Å². The van der Waals surface area contributed by atoms with E-state index in [4.69, 9.17) is 0 Å². The van der Waals surface area contributed by atoms with Crippen molar-refractivity contribution in [1.82, 2.24) is 10.3 Å². The number of aromatic nitrogens is 1. The largest absolute Gasteiger partial charge is 0.396 e. The van der Waals surface area contributed by atoms with Gasteiger partial charge in [0.15, 0.2) is 0 Å². The highest BCUT2D eigenvalue weighted by molar-refractivity contribution is 5.88. The van der Waals surface area contributed by atoms with Crippen LogP contribution < -0.4 is 10.6 Å². The number of aliphatic hydroxyl groups is 1. The van der Waals surface area contributed by atoms with E-state index in [9.17, 15) is 9.90 Å². The number of fused-ring (bicyclic) bond motifs is 2. The first kappa shape index (κ1) is 12.4. The summed E-state index contributed by atoms with van der Waals surface area (Å²) in [5, 5.41) is 15.2. The summed E-state index contributed by atoms with van der Waals surface area (Å²) in [7, 11) is 0. The molecular weight excluding hydrogens is 242 g/mol. The van der Waals surface area contributed by atoms with Gasteiger partial charge >= 0.3 is 6.03 Å². The van der Waals surface area contributed by atoms with Crippen molar-refractivity contribution in [2.24, 2.45) is 17.8 Å². The van der Waals surface area contributed by atoms with E-state index in [1.54, 1.807) is 18.3 Å². The molecule has 102 valence electrons. The molecule has 1 heterocycles. The molecular formula is C14H19N3O2. The maximum atomic E-state index is 12.0. The number of carbonyl (C=O) groups is 1. The van der Waals surface area contributed by atoms with E-state index in [1.165, 1.54) is 6.42 Å². The summed E-state index contributed by atoms with van der Waals surface area (Å²) in [6.07, 6.45) is 5.13. The van der Waals surface area contributed by atoms with Crippen molar-refractivity contribution in [3.63, 3.8) is 0 Å². The molecule has 2 aliphatic carbocycles. The molecule has 2 amide bonds. The summed E-state index contributed by atoms with van der Waals surface area (Å²) in [5.41, 5.74) is 0. The number of urea groups is 1. The van der Waals surface area contributed by atoms with Gasteiger partial charge in [-0.25, -0.2) is 9.78 Å². The molecule has 0 saturated heterocycles. The Labute approximate surface area is 112 Å². The number of nitrogens with zero attached hydrogens (tertiary/aromatic N) is 1. The first-order valence-corrected chi connectivity index (χ1v) is 6.87. The number of anilines is 1. The van der Waals surface area contributed by atoms with E-state index < -0.39 is 0 Å². The number of amides is 2. The van der Waals surface area contributed by atoms with Crippen LogP contribution in [0.3, 0.4) is 0 Å². The van der Waals surface area contributed by atoms with Gasteiger partial charge in [0.05, 0.1) is 0 Å². The summed E-state index contributed by atoms with van der Waals surface area (Å²) in [6, 6.07) is 5.27. The summed E-state index contributed by atoms with van der Waals surface area (Å²) < 4.78 is 0. The Morgan fingerprint density at radius 3 is 2.95 bits per heavy atom. The maximum absolute atomic E-state index is 12.0. The highest BCUT2D eigenvalue weighted by Crippen LogP contribution is 2.48. The van der Waals surface area contributed by atoms with Crippen LogP contribution in [0.15, 0.2) is 24.4 Å². The van der Waals surface area contributed by atoms with Gasteiger partial charge in [-0.05, 0) is 43.2 Å². The average molecular weight is 261 g/mol. The normalized spacial score (nSPS) is 32.3. The van der Waals surface area contributed by atoms with Crippen LogP contribution in [0.2, 0.25) is 0 Å². The number of nitrogens with one attached hydrogen (secondary N) is 2. The zero-order valence-electron chi connectivity index (χ0n) is 10.7. The van der Waals surface area contributed by atoms with E-state index in [-0.39, 0.29) is 24.6 Å². The lowest BCUT2D eigenvalue weighted by atomic mass is 9.85. The lowest BCUT2D eigenvalue weighted by Crippen LogP contribution is -2.46.